The molecule has 0 spiro atoms. The van der Waals surface area contributed by atoms with Gasteiger partial charge in [0.15, 0.2) is 0 Å². The first kappa shape index (κ1) is 19.7. The summed E-state index contributed by atoms with van der Waals surface area (Å²) in [6, 6.07) is 4.45. The van der Waals surface area contributed by atoms with Gasteiger partial charge in [-0.15, -0.1) is 0 Å². The SMILES string of the molecule is CC(C)(C)C(=O)OCC(=N)c1cc(C(C)(C)C)cc2c1CCC2(C)C. The number of carbonyl (C=O) groups is 1. The van der Waals surface area contributed by atoms with E-state index in [1.165, 1.54) is 16.7 Å². The summed E-state index contributed by atoms with van der Waals surface area (Å²) < 4.78 is 5.40. The minimum Gasteiger partial charge on any atom is -0.459 e. The van der Waals surface area contributed by atoms with Crippen LogP contribution in [0.15, 0.2) is 12.1 Å². The van der Waals surface area contributed by atoms with E-state index in [4.69, 9.17) is 10.1 Å². The Morgan fingerprint density at radius 2 is 1.76 bits per heavy atom. The molecule has 138 valence electrons. The van der Waals surface area contributed by atoms with E-state index in [0.29, 0.717) is 5.71 Å². The summed E-state index contributed by atoms with van der Waals surface area (Å²) in [6.45, 7) is 16.7. The van der Waals surface area contributed by atoms with Gasteiger partial charge in [-0.25, -0.2) is 0 Å². The zero-order valence-corrected chi connectivity index (χ0v) is 17.1. The minimum atomic E-state index is -0.544. The Morgan fingerprint density at radius 3 is 2.28 bits per heavy atom. The molecular formula is C22H33NO2. The van der Waals surface area contributed by atoms with Crippen molar-refractivity contribution in [3.05, 3.63) is 34.4 Å². The van der Waals surface area contributed by atoms with Crippen LogP contribution in [0.4, 0.5) is 0 Å². The van der Waals surface area contributed by atoms with Gasteiger partial charge >= 0.3 is 5.97 Å². The zero-order chi connectivity index (χ0) is 19.2. The van der Waals surface area contributed by atoms with Gasteiger partial charge in [0.25, 0.3) is 0 Å². The Balaban J connectivity index is 2.39. The first-order valence-corrected chi connectivity index (χ1v) is 9.16. The molecule has 25 heavy (non-hydrogen) atoms. The third-order valence-corrected chi connectivity index (χ3v) is 5.13. The van der Waals surface area contributed by atoms with Gasteiger partial charge < -0.3 is 10.1 Å². The maximum atomic E-state index is 12.0. The molecule has 1 aromatic carbocycles. The highest BCUT2D eigenvalue weighted by atomic mass is 16.5. The van der Waals surface area contributed by atoms with Crippen LogP contribution in [-0.4, -0.2) is 18.3 Å². The number of esters is 1. The fourth-order valence-corrected chi connectivity index (χ4v) is 3.25. The second-order valence-corrected chi connectivity index (χ2v) is 9.99. The maximum absolute atomic E-state index is 12.0. The molecule has 0 unspecified atom stereocenters. The predicted molar refractivity (Wildman–Crippen MR) is 104 cm³/mol. The Bertz CT molecular complexity index is 700. The first-order valence-electron chi connectivity index (χ1n) is 9.16. The van der Waals surface area contributed by atoms with Gasteiger partial charge in [0.2, 0.25) is 0 Å². The van der Waals surface area contributed by atoms with Crippen LogP contribution in [0.3, 0.4) is 0 Å². The topological polar surface area (TPSA) is 50.2 Å². The van der Waals surface area contributed by atoms with Gasteiger partial charge in [0.05, 0.1) is 11.1 Å². The molecule has 0 aromatic heterocycles. The molecule has 0 amide bonds. The zero-order valence-electron chi connectivity index (χ0n) is 17.1. The Hall–Kier alpha value is -1.64. The first-order chi connectivity index (χ1) is 11.2. The average Bonchev–Trinajstić information content (AvgIpc) is 2.77. The van der Waals surface area contributed by atoms with Crippen molar-refractivity contribution in [2.24, 2.45) is 5.41 Å². The Kier molecular flexibility index (Phi) is 4.93. The van der Waals surface area contributed by atoms with E-state index in [9.17, 15) is 4.79 Å². The lowest BCUT2D eigenvalue weighted by molar-refractivity contribution is -0.151. The molecule has 3 nitrogen and oxygen atoms in total. The van der Waals surface area contributed by atoms with Crippen LogP contribution in [0.5, 0.6) is 0 Å². The lowest BCUT2D eigenvalue weighted by Crippen LogP contribution is -2.26. The molecule has 1 aromatic rings. The molecular weight excluding hydrogens is 310 g/mol. The summed E-state index contributed by atoms with van der Waals surface area (Å²) in [5.41, 5.74) is 4.81. The van der Waals surface area contributed by atoms with E-state index < -0.39 is 5.41 Å². The number of hydrogen-bond acceptors (Lipinski definition) is 3. The number of fused-ring (bicyclic) bond motifs is 1. The molecule has 1 N–H and O–H groups in total. The highest BCUT2D eigenvalue weighted by molar-refractivity contribution is 6.02. The lowest BCUT2D eigenvalue weighted by Gasteiger charge is -2.26. The summed E-state index contributed by atoms with van der Waals surface area (Å²) in [5.74, 6) is -0.263. The van der Waals surface area contributed by atoms with Crippen LogP contribution in [0.2, 0.25) is 0 Å². The quantitative estimate of drug-likeness (QED) is 0.608. The molecule has 1 aliphatic carbocycles. The number of hydrogen-bond donors (Lipinski definition) is 1. The van der Waals surface area contributed by atoms with Gasteiger partial charge in [-0.2, -0.15) is 0 Å². The molecule has 2 rings (SSSR count). The molecule has 0 aliphatic heterocycles. The smallest absolute Gasteiger partial charge is 0.311 e. The van der Waals surface area contributed by atoms with Gasteiger partial charge in [-0.05, 0) is 67.2 Å². The van der Waals surface area contributed by atoms with Crippen LogP contribution in [0, 0.1) is 10.8 Å². The molecule has 0 bridgehead atoms. The van der Waals surface area contributed by atoms with Crippen LogP contribution in [-0.2, 0) is 26.8 Å². The van der Waals surface area contributed by atoms with E-state index in [0.717, 1.165) is 18.4 Å². The Morgan fingerprint density at radius 1 is 1.16 bits per heavy atom. The van der Waals surface area contributed by atoms with Crippen molar-refractivity contribution >= 4 is 11.7 Å². The molecule has 0 atom stereocenters. The van der Waals surface area contributed by atoms with Crippen molar-refractivity contribution in [2.75, 3.05) is 6.61 Å². The second kappa shape index (κ2) is 6.26. The van der Waals surface area contributed by atoms with Crippen molar-refractivity contribution < 1.29 is 9.53 Å². The molecule has 0 saturated carbocycles. The largest absolute Gasteiger partial charge is 0.459 e. The fourth-order valence-electron chi connectivity index (χ4n) is 3.25. The summed E-state index contributed by atoms with van der Waals surface area (Å²) in [6.07, 6.45) is 2.08. The highest BCUT2D eigenvalue weighted by Crippen LogP contribution is 2.42. The van der Waals surface area contributed by atoms with Crippen LogP contribution < -0.4 is 0 Å². The normalized spacial score (nSPS) is 16.5. The lowest BCUT2D eigenvalue weighted by atomic mass is 9.79. The maximum Gasteiger partial charge on any atom is 0.311 e. The van der Waals surface area contributed by atoms with E-state index in [1.807, 2.05) is 20.8 Å². The minimum absolute atomic E-state index is 0.0187. The average molecular weight is 344 g/mol. The summed E-state index contributed by atoms with van der Waals surface area (Å²) in [5, 5.41) is 8.55. The van der Waals surface area contributed by atoms with Crippen molar-refractivity contribution in [1.82, 2.24) is 0 Å². The van der Waals surface area contributed by atoms with Gasteiger partial charge in [-0.3, -0.25) is 4.79 Å². The number of nitrogens with one attached hydrogen (secondary N) is 1. The monoisotopic (exact) mass is 343 g/mol. The Labute approximate surface area is 152 Å². The molecule has 0 saturated heterocycles. The highest BCUT2D eigenvalue weighted by Gasteiger charge is 2.34. The third kappa shape index (κ3) is 4.13. The second-order valence-electron chi connectivity index (χ2n) is 9.99. The molecule has 0 radical (unpaired) electrons. The number of carbonyl (C=O) groups excluding carboxylic acids is 1. The van der Waals surface area contributed by atoms with Crippen molar-refractivity contribution in [2.45, 2.75) is 79.1 Å². The van der Waals surface area contributed by atoms with E-state index in [1.54, 1.807) is 0 Å². The van der Waals surface area contributed by atoms with Crippen molar-refractivity contribution in [1.29, 1.82) is 5.41 Å². The molecule has 0 fully saturated rings. The summed E-state index contributed by atoms with van der Waals surface area (Å²) in [4.78, 5) is 12.0. The van der Waals surface area contributed by atoms with Gasteiger partial charge in [-0.1, -0.05) is 40.7 Å². The summed E-state index contributed by atoms with van der Waals surface area (Å²) >= 11 is 0. The van der Waals surface area contributed by atoms with Crippen molar-refractivity contribution in [3.63, 3.8) is 0 Å². The van der Waals surface area contributed by atoms with Crippen LogP contribution >= 0.6 is 0 Å². The number of ether oxygens (including phenoxy) is 1. The fraction of sp³-hybridized carbons (Fsp3) is 0.636. The van der Waals surface area contributed by atoms with Crippen molar-refractivity contribution in [3.8, 4) is 0 Å². The standard InChI is InChI=1S/C22H33NO2/c1-20(2,3)14-11-16(15-9-10-22(7,8)17(15)12-14)18(23)13-25-19(24)21(4,5)6/h11-12,23H,9-10,13H2,1-8H3. The number of rotatable bonds is 3. The molecule has 1 aliphatic rings. The van der Waals surface area contributed by atoms with E-state index >= 15 is 0 Å². The van der Waals surface area contributed by atoms with Gasteiger partial charge in [0.1, 0.15) is 6.61 Å². The van der Waals surface area contributed by atoms with Gasteiger partial charge in [0, 0.05) is 5.56 Å². The van der Waals surface area contributed by atoms with Crippen LogP contribution in [0.25, 0.3) is 0 Å². The van der Waals surface area contributed by atoms with Crippen LogP contribution in [0.1, 0.15) is 84.1 Å². The summed E-state index contributed by atoms with van der Waals surface area (Å²) in [7, 11) is 0. The molecule has 3 heteroatoms. The third-order valence-electron chi connectivity index (χ3n) is 5.13. The van der Waals surface area contributed by atoms with E-state index in [-0.39, 0.29) is 23.4 Å². The number of benzene rings is 1. The van der Waals surface area contributed by atoms with E-state index in [2.05, 4.69) is 46.8 Å². The molecule has 0 heterocycles. The predicted octanol–water partition coefficient (Wildman–Crippen LogP) is 5.17.